The number of likely N-dealkylation sites (tertiary alicyclic amines) is 1. The zero-order chi connectivity index (χ0) is 38.2. The number of halogens is 1. The molecule has 5 N–H and O–H groups in total. The van der Waals surface area contributed by atoms with Gasteiger partial charge in [0.2, 0.25) is 17.7 Å². The highest BCUT2D eigenvalue weighted by Gasteiger charge is 2.49. The molecule has 55 heavy (non-hydrogen) atoms. The number of carbonyl (C=O) groups is 5. The topological polar surface area (TPSA) is 195 Å². The molecule has 4 aromatic rings. The molecule has 0 aliphatic carbocycles. The van der Waals surface area contributed by atoms with Gasteiger partial charge in [0.1, 0.15) is 11.5 Å². The van der Waals surface area contributed by atoms with Gasteiger partial charge in [0, 0.05) is 17.7 Å². The monoisotopic (exact) mass is 788 g/mol. The van der Waals surface area contributed by atoms with Gasteiger partial charge in [-0.15, -0.1) is 12.4 Å². The van der Waals surface area contributed by atoms with Crippen LogP contribution in [0.3, 0.4) is 0 Å². The number of benzene rings is 4. The molecule has 2 aliphatic heterocycles. The molecule has 2 fully saturated rings. The van der Waals surface area contributed by atoms with Crippen molar-refractivity contribution in [3.63, 3.8) is 0 Å². The number of imide groups is 2. The maximum atomic E-state index is 15.1. The lowest BCUT2D eigenvalue weighted by atomic mass is 10.1. The Bertz CT molecular complexity index is 1910. The number of anilines is 2. The van der Waals surface area contributed by atoms with E-state index in [-0.39, 0.29) is 52.3 Å². The van der Waals surface area contributed by atoms with E-state index in [2.05, 4.69) is 5.32 Å². The van der Waals surface area contributed by atoms with Gasteiger partial charge in [0.15, 0.2) is 5.78 Å². The van der Waals surface area contributed by atoms with Crippen molar-refractivity contribution in [1.29, 1.82) is 0 Å². The van der Waals surface area contributed by atoms with Crippen molar-refractivity contribution in [2.75, 3.05) is 36.0 Å². The Morgan fingerprint density at radius 3 is 1.53 bits per heavy atom. The second-order valence-corrected chi connectivity index (χ2v) is 14.8. The highest BCUT2D eigenvalue weighted by molar-refractivity contribution is 7.55. The van der Waals surface area contributed by atoms with Crippen molar-refractivity contribution in [1.82, 2.24) is 10.2 Å². The molecular formula is C39H42ClN6O8P. The average molecular weight is 789 g/mol. The quantitative estimate of drug-likeness (QED) is 0.168. The zero-order valence-electron chi connectivity index (χ0n) is 29.8. The maximum Gasteiger partial charge on any atom is 0.453 e. The van der Waals surface area contributed by atoms with E-state index in [1.54, 1.807) is 65.6 Å². The Kier molecular flexibility index (Phi) is 13.6. The molecule has 2 heterocycles. The summed E-state index contributed by atoms with van der Waals surface area (Å²) in [5.41, 5.74) is 12.3. The normalized spacial score (nSPS) is 16.4. The second kappa shape index (κ2) is 18.3. The third kappa shape index (κ3) is 9.13. The predicted octanol–water partition coefficient (Wildman–Crippen LogP) is 4.72. The molecule has 4 aromatic carbocycles. The lowest BCUT2D eigenvalue weighted by Crippen LogP contribution is -2.46. The van der Waals surface area contributed by atoms with Crippen molar-refractivity contribution >= 4 is 60.9 Å². The van der Waals surface area contributed by atoms with Gasteiger partial charge in [-0.1, -0.05) is 36.4 Å². The molecule has 2 saturated heterocycles. The number of hydrogen-bond donors (Lipinski definition) is 3. The van der Waals surface area contributed by atoms with Crippen molar-refractivity contribution in [3.05, 3.63) is 120 Å². The molecule has 0 unspecified atom stereocenters. The number of nitrogens with one attached hydrogen (secondary N) is 1. The van der Waals surface area contributed by atoms with Gasteiger partial charge >= 0.3 is 7.60 Å². The Labute approximate surface area is 324 Å². The molecule has 0 radical (unpaired) electrons. The minimum Gasteiger partial charge on any atom is -0.415 e. The van der Waals surface area contributed by atoms with E-state index in [0.29, 0.717) is 32.4 Å². The maximum absolute atomic E-state index is 15.1. The number of amides is 5. The van der Waals surface area contributed by atoms with Gasteiger partial charge in [0.05, 0.1) is 30.5 Å². The second-order valence-electron chi connectivity index (χ2n) is 12.7. The van der Waals surface area contributed by atoms with Crippen LogP contribution in [0.15, 0.2) is 109 Å². The molecule has 14 nitrogen and oxygen atoms in total. The number of hydrogen-bond acceptors (Lipinski definition) is 11. The van der Waals surface area contributed by atoms with Crippen LogP contribution >= 0.6 is 20.0 Å². The Morgan fingerprint density at radius 1 is 0.673 bits per heavy atom. The average Bonchev–Trinajstić information content (AvgIpc) is 3.94. The molecule has 5 amide bonds. The molecule has 0 aromatic heterocycles. The number of nitrogens with zero attached hydrogens (tertiary/aromatic N) is 3. The molecule has 288 valence electrons. The van der Waals surface area contributed by atoms with Gasteiger partial charge < -0.3 is 30.7 Å². The molecule has 6 rings (SSSR count). The summed E-state index contributed by atoms with van der Waals surface area (Å²) in [5, 5.41) is 3.21. The van der Waals surface area contributed by atoms with Crippen LogP contribution in [0.1, 0.15) is 46.4 Å². The van der Waals surface area contributed by atoms with E-state index in [1.165, 1.54) is 48.5 Å². The largest absolute Gasteiger partial charge is 0.453 e. The minimum atomic E-state index is -4.28. The van der Waals surface area contributed by atoms with E-state index in [4.69, 9.17) is 20.5 Å². The first kappa shape index (κ1) is 40.8. The molecule has 2 atom stereocenters. The smallest absolute Gasteiger partial charge is 0.415 e. The van der Waals surface area contributed by atoms with E-state index in [1.807, 2.05) is 0 Å². The van der Waals surface area contributed by atoms with E-state index < -0.39 is 56.1 Å². The van der Waals surface area contributed by atoms with Crippen LogP contribution in [-0.2, 0) is 18.9 Å². The first-order valence-corrected chi connectivity index (χ1v) is 19.2. The van der Waals surface area contributed by atoms with Crippen LogP contribution in [0.25, 0.3) is 0 Å². The molecular weight excluding hydrogens is 747 g/mol. The lowest BCUT2D eigenvalue weighted by molar-refractivity contribution is -0.133. The fourth-order valence-electron chi connectivity index (χ4n) is 6.53. The Morgan fingerprint density at radius 2 is 1.13 bits per heavy atom. The van der Waals surface area contributed by atoms with Crippen LogP contribution < -0.4 is 35.6 Å². The number of rotatable bonds is 12. The molecule has 16 heteroatoms. The van der Waals surface area contributed by atoms with E-state index in [9.17, 15) is 24.0 Å². The van der Waals surface area contributed by atoms with Gasteiger partial charge in [-0.05, 0) is 105 Å². The Hall–Kier alpha value is -5.37. The molecule has 0 spiro atoms. The van der Waals surface area contributed by atoms with Gasteiger partial charge in [-0.3, -0.25) is 24.0 Å². The lowest BCUT2D eigenvalue weighted by Gasteiger charge is -2.32. The molecule has 0 saturated carbocycles. The van der Waals surface area contributed by atoms with Crippen molar-refractivity contribution in [2.45, 2.75) is 37.5 Å². The van der Waals surface area contributed by atoms with Gasteiger partial charge in [-0.25, -0.2) is 14.4 Å². The van der Waals surface area contributed by atoms with Crippen LogP contribution in [0.4, 0.5) is 11.4 Å². The fraction of sp³-hybridized carbons (Fsp3) is 0.256. The summed E-state index contributed by atoms with van der Waals surface area (Å²) in [4.78, 5) is 69.5. The summed E-state index contributed by atoms with van der Waals surface area (Å²) in [6.07, 6.45) is 2.38. The standard InChI is InChI=1S/C39H41N6O8P.ClH/c40-25-34(46)44(37(48)27-9-3-1-4-10-27)29-15-19-31(20-16-29)52-54(51,36-14-8-24-43(36)39(50)33-13-7-23-42-33)53-32-21-17-30(18-22-32)45(35(47)26-41)38(49)28-11-5-2-6-12-28;/h1-6,9-12,15-22,33,36,42H,7-8,13-14,23-26,40-41H2;1H/t33-,36+;/m0./s1. The summed E-state index contributed by atoms with van der Waals surface area (Å²) >= 11 is 0. The van der Waals surface area contributed by atoms with Crippen LogP contribution in [0, 0.1) is 0 Å². The van der Waals surface area contributed by atoms with Crippen LogP contribution in [-0.4, -0.2) is 72.4 Å². The summed E-state index contributed by atoms with van der Waals surface area (Å²) in [6, 6.07) is 27.8. The van der Waals surface area contributed by atoms with Gasteiger partial charge in [-0.2, -0.15) is 0 Å². The predicted molar refractivity (Wildman–Crippen MR) is 209 cm³/mol. The summed E-state index contributed by atoms with van der Waals surface area (Å²) < 4.78 is 27.5. The third-order valence-electron chi connectivity index (χ3n) is 9.18. The fourth-order valence-corrected chi connectivity index (χ4v) is 8.71. The summed E-state index contributed by atoms with van der Waals surface area (Å²) in [6.45, 7) is 0.216. The minimum absolute atomic E-state index is 0. The first-order chi connectivity index (χ1) is 26.1. The Balaban J connectivity index is 0.00000580. The summed E-state index contributed by atoms with van der Waals surface area (Å²) in [7, 11) is -4.28. The van der Waals surface area contributed by atoms with Crippen LogP contribution in [0.2, 0.25) is 0 Å². The highest BCUT2D eigenvalue weighted by Crippen LogP contribution is 2.57. The number of carbonyl (C=O) groups excluding carboxylic acids is 5. The van der Waals surface area contributed by atoms with E-state index in [0.717, 1.165) is 16.2 Å². The molecule has 0 bridgehead atoms. The third-order valence-corrected chi connectivity index (χ3v) is 11.4. The van der Waals surface area contributed by atoms with Gasteiger partial charge in [0.25, 0.3) is 11.8 Å². The molecule has 2 aliphatic rings. The van der Waals surface area contributed by atoms with Crippen LogP contribution in [0.5, 0.6) is 11.5 Å². The number of nitrogens with two attached hydrogens (primary N) is 2. The van der Waals surface area contributed by atoms with Crippen molar-refractivity contribution in [3.8, 4) is 11.5 Å². The first-order valence-electron chi connectivity index (χ1n) is 17.6. The van der Waals surface area contributed by atoms with Crippen molar-refractivity contribution in [2.24, 2.45) is 11.5 Å². The van der Waals surface area contributed by atoms with Crippen molar-refractivity contribution < 1.29 is 37.6 Å². The zero-order valence-corrected chi connectivity index (χ0v) is 31.5. The summed E-state index contributed by atoms with van der Waals surface area (Å²) in [5.74, 6) is -3.36. The SMILES string of the molecule is Cl.NCC(=O)N(C(=O)c1ccccc1)c1ccc(OP(=O)(Oc2ccc(N(C(=O)CN)C(=O)c3ccccc3)cc2)[C@@H]2CCCN2C(=O)[C@@H]2CCCN2)cc1. The highest BCUT2D eigenvalue weighted by atomic mass is 35.5. The van der Waals surface area contributed by atoms with E-state index >= 15 is 4.57 Å².